The van der Waals surface area contributed by atoms with Gasteiger partial charge in [0.25, 0.3) is 5.91 Å². The Kier molecular flexibility index (Phi) is 6.24. The summed E-state index contributed by atoms with van der Waals surface area (Å²) in [6.45, 7) is 0.489. The van der Waals surface area contributed by atoms with Gasteiger partial charge < -0.3 is 4.90 Å². The molecule has 1 fully saturated rings. The van der Waals surface area contributed by atoms with Gasteiger partial charge in [-0.2, -0.15) is 0 Å². The number of amides is 2. The molecule has 2 heterocycles. The van der Waals surface area contributed by atoms with Gasteiger partial charge in [0.1, 0.15) is 11.0 Å². The molecule has 4 rings (SSSR count). The quantitative estimate of drug-likeness (QED) is 0.541. The SMILES string of the molecule is O=C(Nc1nnc(-c2ccc(Cl)cc2)s1)[C@H]1CCCN1C(=O)c1ccc(Cl)c(Cl)c1. The fourth-order valence-corrected chi connectivity index (χ4v) is 4.42. The van der Waals surface area contributed by atoms with Crippen molar-refractivity contribution >= 4 is 63.1 Å². The van der Waals surface area contributed by atoms with Gasteiger partial charge in [-0.05, 0) is 43.2 Å². The Morgan fingerprint density at radius 1 is 1.03 bits per heavy atom. The van der Waals surface area contributed by atoms with Crippen molar-refractivity contribution in [3.05, 3.63) is 63.1 Å². The van der Waals surface area contributed by atoms with Crippen LogP contribution in [0.3, 0.4) is 0 Å². The number of nitrogens with zero attached hydrogens (tertiary/aromatic N) is 3. The van der Waals surface area contributed by atoms with Gasteiger partial charge in [0.15, 0.2) is 0 Å². The number of hydrogen-bond acceptors (Lipinski definition) is 5. The van der Waals surface area contributed by atoms with Crippen LogP contribution in [0.4, 0.5) is 5.13 Å². The minimum Gasteiger partial charge on any atom is -0.327 e. The van der Waals surface area contributed by atoms with Crippen molar-refractivity contribution in [2.24, 2.45) is 0 Å². The van der Waals surface area contributed by atoms with E-state index in [0.717, 1.165) is 12.0 Å². The standard InChI is InChI=1S/C20H15Cl3N4O2S/c21-13-6-3-11(4-7-13)18-25-26-20(30-18)24-17(28)16-2-1-9-27(16)19(29)12-5-8-14(22)15(23)10-12/h3-8,10,16H,1-2,9H2,(H,24,26,28)/t16-/m1/s1. The van der Waals surface area contributed by atoms with E-state index in [1.807, 2.05) is 12.1 Å². The zero-order chi connectivity index (χ0) is 21.3. The van der Waals surface area contributed by atoms with Crippen LogP contribution >= 0.6 is 46.1 Å². The molecule has 0 unspecified atom stereocenters. The first-order chi connectivity index (χ1) is 14.4. The van der Waals surface area contributed by atoms with Gasteiger partial charge >= 0.3 is 0 Å². The largest absolute Gasteiger partial charge is 0.327 e. The number of likely N-dealkylation sites (tertiary alicyclic amines) is 1. The Hall–Kier alpha value is -2.19. The topological polar surface area (TPSA) is 75.2 Å². The Morgan fingerprint density at radius 3 is 2.53 bits per heavy atom. The van der Waals surface area contributed by atoms with Crippen LogP contribution in [0.1, 0.15) is 23.2 Å². The molecule has 0 bridgehead atoms. The second-order valence-corrected chi connectivity index (χ2v) is 8.92. The lowest BCUT2D eigenvalue weighted by molar-refractivity contribution is -0.119. The van der Waals surface area contributed by atoms with Crippen molar-refractivity contribution in [2.45, 2.75) is 18.9 Å². The summed E-state index contributed by atoms with van der Waals surface area (Å²) in [5.74, 6) is -0.551. The number of anilines is 1. The number of carbonyl (C=O) groups is 2. The van der Waals surface area contributed by atoms with Crippen LogP contribution in [0, 0.1) is 0 Å². The molecule has 0 radical (unpaired) electrons. The zero-order valence-corrected chi connectivity index (χ0v) is 18.5. The monoisotopic (exact) mass is 480 g/mol. The fourth-order valence-electron chi connectivity index (χ4n) is 3.25. The molecule has 1 atom stereocenters. The van der Waals surface area contributed by atoms with E-state index in [9.17, 15) is 9.59 Å². The number of carbonyl (C=O) groups excluding carboxylic acids is 2. The third kappa shape index (κ3) is 4.44. The molecule has 1 saturated heterocycles. The predicted molar refractivity (Wildman–Crippen MR) is 120 cm³/mol. The summed E-state index contributed by atoms with van der Waals surface area (Å²) in [7, 11) is 0. The molecule has 0 saturated carbocycles. The minimum absolute atomic E-state index is 0.259. The second kappa shape index (κ2) is 8.89. The first kappa shape index (κ1) is 21.1. The van der Waals surface area contributed by atoms with Crippen molar-refractivity contribution in [1.29, 1.82) is 0 Å². The Bertz CT molecular complexity index is 1100. The zero-order valence-electron chi connectivity index (χ0n) is 15.4. The molecule has 154 valence electrons. The fraction of sp³-hybridized carbons (Fsp3) is 0.200. The molecule has 3 aromatic rings. The van der Waals surface area contributed by atoms with E-state index < -0.39 is 6.04 Å². The average molecular weight is 482 g/mol. The maximum Gasteiger partial charge on any atom is 0.254 e. The molecule has 1 N–H and O–H groups in total. The lowest BCUT2D eigenvalue weighted by atomic mass is 10.1. The van der Waals surface area contributed by atoms with Gasteiger partial charge in [-0.15, -0.1) is 10.2 Å². The van der Waals surface area contributed by atoms with Gasteiger partial charge in [0, 0.05) is 22.7 Å². The smallest absolute Gasteiger partial charge is 0.254 e. The van der Waals surface area contributed by atoms with Gasteiger partial charge in [0.2, 0.25) is 11.0 Å². The maximum atomic E-state index is 12.9. The van der Waals surface area contributed by atoms with Gasteiger partial charge in [-0.3, -0.25) is 14.9 Å². The molecule has 0 spiro atoms. The predicted octanol–water partition coefficient (Wildman–Crippen LogP) is 5.41. The Balaban J connectivity index is 1.47. The van der Waals surface area contributed by atoms with E-state index in [2.05, 4.69) is 15.5 Å². The molecule has 2 aromatic carbocycles. The summed E-state index contributed by atoms with van der Waals surface area (Å²) in [4.78, 5) is 27.3. The van der Waals surface area contributed by atoms with E-state index in [-0.39, 0.29) is 11.8 Å². The van der Waals surface area contributed by atoms with Gasteiger partial charge in [-0.25, -0.2) is 0 Å². The molecule has 6 nitrogen and oxygen atoms in total. The van der Waals surface area contributed by atoms with Crippen LogP contribution in [-0.4, -0.2) is 39.5 Å². The van der Waals surface area contributed by atoms with Crippen molar-refractivity contribution in [1.82, 2.24) is 15.1 Å². The average Bonchev–Trinajstić information content (AvgIpc) is 3.40. The summed E-state index contributed by atoms with van der Waals surface area (Å²) in [6.07, 6.45) is 1.30. The van der Waals surface area contributed by atoms with Crippen LogP contribution in [0.15, 0.2) is 42.5 Å². The molecule has 0 aliphatic carbocycles. The number of halogens is 3. The summed E-state index contributed by atoms with van der Waals surface area (Å²) in [5, 5.41) is 13.3. The normalized spacial score (nSPS) is 16.0. The van der Waals surface area contributed by atoms with Crippen LogP contribution in [0.2, 0.25) is 15.1 Å². The van der Waals surface area contributed by atoms with Gasteiger partial charge in [0.05, 0.1) is 10.0 Å². The third-order valence-electron chi connectivity index (χ3n) is 4.73. The van der Waals surface area contributed by atoms with E-state index in [1.165, 1.54) is 17.4 Å². The van der Waals surface area contributed by atoms with E-state index >= 15 is 0 Å². The molecule has 2 amide bonds. The summed E-state index contributed by atoms with van der Waals surface area (Å²) >= 11 is 19.1. The highest BCUT2D eigenvalue weighted by atomic mass is 35.5. The van der Waals surface area contributed by atoms with Crippen molar-refractivity contribution in [3.63, 3.8) is 0 Å². The second-order valence-electron chi connectivity index (χ2n) is 6.69. The van der Waals surface area contributed by atoms with Gasteiger partial charge in [-0.1, -0.05) is 58.3 Å². The van der Waals surface area contributed by atoms with Crippen molar-refractivity contribution < 1.29 is 9.59 Å². The van der Waals surface area contributed by atoms with Crippen LogP contribution in [-0.2, 0) is 4.79 Å². The molecule has 1 aliphatic rings. The minimum atomic E-state index is -0.588. The highest BCUT2D eigenvalue weighted by Crippen LogP contribution is 2.29. The molecular weight excluding hydrogens is 467 g/mol. The lowest BCUT2D eigenvalue weighted by Crippen LogP contribution is -2.43. The first-order valence-electron chi connectivity index (χ1n) is 9.09. The van der Waals surface area contributed by atoms with Crippen LogP contribution in [0.5, 0.6) is 0 Å². The first-order valence-corrected chi connectivity index (χ1v) is 11.0. The summed E-state index contributed by atoms with van der Waals surface area (Å²) in [5.41, 5.74) is 1.25. The molecule has 1 aliphatic heterocycles. The highest BCUT2D eigenvalue weighted by molar-refractivity contribution is 7.18. The maximum absolute atomic E-state index is 12.9. The number of rotatable bonds is 4. The number of benzene rings is 2. The lowest BCUT2D eigenvalue weighted by Gasteiger charge is -2.23. The molecule has 1 aromatic heterocycles. The Labute approximate surface area is 191 Å². The summed E-state index contributed by atoms with van der Waals surface area (Å²) in [6, 6.07) is 11.3. The van der Waals surface area contributed by atoms with Crippen molar-refractivity contribution in [2.75, 3.05) is 11.9 Å². The molecule has 30 heavy (non-hydrogen) atoms. The highest BCUT2D eigenvalue weighted by Gasteiger charge is 2.35. The number of hydrogen-bond donors (Lipinski definition) is 1. The summed E-state index contributed by atoms with van der Waals surface area (Å²) < 4.78 is 0. The Morgan fingerprint density at radius 2 is 1.80 bits per heavy atom. The molecule has 10 heteroatoms. The number of aromatic nitrogens is 2. The van der Waals surface area contributed by atoms with E-state index in [4.69, 9.17) is 34.8 Å². The van der Waals surface area contributed by atoms with E-state index in [1.54, 1.807) is 29.2 Å². The third-order valence-corrected chi connectivity index (χ3v) is 6.61. The molecular formula is C20H15Cl3N4O2S. The number of nitrogens with one attached hydrogen (secondary N) is 1. The van der Waals surface area contributed by atoms with Crippen LogP contribution in [0.25, 0.3) is 10.6 Å². The van der Waals surface area contributed by atoms with E-state index in [0.29, 0.717) is 43.7 Å². The van der Waals surface area contributed by atoms with Crippen LogP contribution < -0.4 is 5.32 Å². The van der Waals surface area contributed by atoms with Crippen molar-refractivity contribution in [3.8, 4) is 10.6 Å².